The lowest BCUT2D eigenvalue weighted by molar-refractivity contribution is 0.262. The van der Waals surface area contributed by atoms with Crippen LogP contribution in [0.25, 0.3) is 5.82 Å². The molecule has 0 saturated heterocycles. The smallest absolute Gasteiger partial charge is 0.323 e. The molecule has 0 spiro atoms. The molecule has 0 unspecified atom stereocenters. The molecular weight excluding hydrogens is 330 g/mol. The molecular formula is C16H14ClN5O2. The first-order valence-electron chi connectivity index (χ1n) is 7.01. The Kier molecular flexibility index (Phi) is 4.62. The fourth-order valence-electron chi connectivity index (χ4n) is 2.07. The number of nitrogens with zero attached hydrogens (tertiary/aromatic N) is 3. The molecule has 2 heterocycles. The lowest BCUT2D eigenvalue weighted by Gasteiger charge is -2.11. The maximum absolute atomic E-state index is 12.1. The number of urea groups is 1. The standard InChI is InChI=1S/C16H14ClN5O2/c1-24-14-4-2-11(17)8-13(14)21-16(23)20-12-3-5-15(19-9-12)22-7-6-18-10-22/h2-10H,1H3,(H2,20,21,23). The molecule has 2 amide bonds. The molecule has 0 aliphatic carbocycles. The fourth-order valence-corrected chi connectivity index (χ4v) is 2.24. The fraction of sp³-hybridized carbons (Fsp3) is 0.0625. The van der Waals surface area contributed by atoms with E-state index in [0.717, 1.165) is 0 Å². The minimum Gasteiger partial charge on any atom is -0.495 e. The summed E-state index contributed by atoms with van der Waals surface area (Å²) in [7, 11) is 1.52. The maximum atomic E-state index is 12.1. The van der Waals surface area contributed by atoms with Gasteiger partial charge in [0, 0.05) is 17.4 Å². The monoisotopic (exact) mass is 343 g/mol. The third-order valence-electron chi connectivity index (χ3n) is 3.18. The summed E-state index contributed by atoms with van der Waals surface area (Å²) >= 11 is 5.94. The van der Waals surface area contributed by atoms with Crippen molar-refractivity contribution in [2.45, 2.75) is 0 Å². The Balaban J connectivity index is 1.68. The van der Waals surface area contributed by atoms with Crippen LogP contribution in [0.3, 0.4) is 0 Å². The molecule has 3 aromatic rings. The van der Waals surface area contributed by atoms with E-state index in [-0.39, 0.29) is 0 Å². The number of amides is 2. The van der Waals surface area contributed by atoms with Crippen LogP contribution in [0.1, 0.15) is 0 Å². The van der Waals surface area contributed by atoms with E-state index >= 15 is 0 Å². The molecule has 1 aromatic carbocycles. The summed E-state index contributed by atoms with van der Waals surface area (Å²) in [5.74, 6) is 1.22. The number of pyridine rings is 1. The van der Waals surface area contributed by atoms with Crippen molar-refractivity contribution in [3.8, 4) is 11.6 Å². The normalized spacial score (nSPS) is 10.2. The quantitative estimate of drug-likeness (QED) is 0.758. The Hall–Kier alpha value is -3.06. The number of carbonyl (C=O) groups excluding carboxylic acids is 1. The molecule has 0 atom stereocenters. The Morgan fingerprint density at radius 1 is 1.25 bits per heavy atom. The Morgan fingerprint density at radius 2 is 2.12 bits per heavy atom. The van der Waals surface area contributed by atoms with Crippen LogP contribution >= 0.6 is 11.6 Å². The summed E-state index contributed by atoms with van der Waals surface area (Å²) in [5, 5.41) is 5.89. The van der Waals surface area contributed by atoms with E-state index < -0.39 is 6.03 Å². The highest BCUT2D eigenvalue weighted by atomic mass is 35.5. The molecule has 0 saturated carbocycles. The number of ether oxygens (including phenoxy) is 1. The number of halogens is 1. The molecule has 3 rings (SSSR count). The molecule has 2 N–H and O–H groups in total. The predicted octanol–water partition coefficient (Wildman–Crippen LogP) is 3.57. The van der Waals surface area contributed by atoms with E-state index in [0.29, 0.717) is 28.0 Å². The van der Waals surface area contributed by atoms with Gasteiger partial charge in [-0.2, -0.15) is 0 Å². The zero-order valence-corrected chi connectivity index (χ0v) is 13.5. The second-order valence-electron chi connectivity index (χ2n) is 4.80. The predicted molar refractivity (Wildman–Crippen MR) is 92.0 cm³/mol. The second kappa shape index (κ2) is 7.01. The highest BCUT2D eigenvalue weighted by Crippen LogP contribution is 2.27. The average molecular weight is 344 g/mol. The Morgan fingerprint density at radius 3 is 2.79 bits per heavy atom. The van der Waals surface area contributed by atoms with Crippen LogP contribution in [-0.2, 0) is 0 Å². The van der Waals surface area contributed by atoms with Crippen molar-refractivity contribution in [1.29, 1.82) is 0 Å². The Bertz CT molecular complexity index is 834. The van der Waals surface area contributed by atoms with Crippen molar-refractivity contribution < 1.29 is 9.53 Å². The molecule has 8 heteroatoms. The SMILES string of the molecule is COc1ccc(Cl)cc1NC(=O)Nc1ccc(-n2ccnc2)nc1. The van der Waals surface area contributed by atoms with Gasteiger partial charge in [0.05, 0.1) is 24.7 Å². The summed E-state index contributed by atoms with van der Waals surface area (Å²) in [6.07, 6.45) is 6.66. The lowest BCUT2D eigenvalue weighted by atomic mass is 10.3. The minimum absolute atomic E-state index is 0.423. The zero-order chi connectivity index (χ0) is 16.9. The van der Waals surface area contributed by atoms with Crippen LogP contribution in [0.5, 0.6) is 5.75 Å². The number of benzene rings is 1. The number of imidazole rings is 1. The number of anilines is 2. The van der Waals surface area contributed by atoms with Gasteiger partial charge < -0.3 is 15.4 Å². The van der Waals surface area contributed by atoms with Crippen molar-refractivity contribution in [3.63, 3.8) is 0 Å². The van der Waals surface area contributed by atoms with Gasteiger partial charge in [-0.05, 0) is 30.3 Å². The summed E-state index contributed by atoms with van der Waals surface area (Å²) in [6, 6.07) is 8.07. The molecule has 0 bridgehead atoms. The van der Waals surface area contributed by atoms with E-state index in [4.69, 9.17) is 16.3 Å². The third-order valence-corrected chi connectivity index (χ3v) is 3.42. The van der Waals surface area contributed by atoms with Gasteiger partial charge in [0.1, 0.15) is 17.9 Å². The van der Waals surface area contributed by atoms with Gasteiger partial charge in [0.25, 0.3) is 0 Å². The molecule has 0 aliphatic heterocycles. The summed E-state index contributed by atoms with van der Waals surface area (Å²) in [6.45, 7) is 0. The molecule has 7 nitrogen and oxygen atoms in total. The third kappa shape index (κ3) is 3.64. The van der Waals surface area contributed by atoms with Crippen molar-refractivity contribution in [3.05, 3.63) is 60.3 Å². The molecule has 2 aromatic heterocycles. The highest BCUT2D eigenvalue weighted by molar-refractivity contribution is 6.31. The second-order valence-corrected chi connectivity index (χ2v) is 5.24. The first kappa shape index (κ1) is 15.8. The summed E-state index contributed by atoms with van der Waals surface area (Å²) in [5.41, 5.74) is 1.03. The molecule has 122 valence electrons. The van der Waals surface area contributed by atoms with Crippen molar-refractivity contribution in [2.75, 3.05) is 17.7 Å². The van der Waals surface area contributed by atoms with Gasteiger partial charge in [0.15, 0.2) is 0 Å². The van der Waals surface area contributed by atoms with Crippen molar-refractivity contribution in [2.24, 2.45) is 0 Å². The Labute approximate surface area is 143 Å². The van der Waals surface area contributed by atoms with Crippen LogP contribution in [-0.4, -0.2) is 27.7 Å². The van der Waals surface area contributed by atoms with Gasteiger partial charge in [-0.1, -0.05) is 11.6 Å². The van der Waals surface area contributed by atoms with Gasteiger partial charge in [-0.15, -0.1) is 0 Å². The molecule has 0 radical (unpaired) electrons. The number of nitrogens with one attached hydrogen (secondary N) is 2. The number of rotatable bonds is 4. The number of hydrogen-bond acceptors (Lipinski definition) is 4. The maximum Gasteiger partial charge on any atom is 0.323 e. The topological polar surface area (TPSA) is 81.1 Å². The van der Waals surface area contributed by atoms with Crippen LogP contribution in [0.2, 0.25) is 5.02 Å². The first-order valence-corrected chi connectivity index (χ1v) is 7.39. The van der Waals surface area contributed by atoms with Crippen LogP contribution in [0, 0.1) is 0 Å². The average Bonchev–Trinajstić information content (AvgIpc) is 3.10. The molecule has 0 fully saturated rings. The number of methoxy groups -OCH3 is 1. The van der Waals surface area contributed by atoms with E-state index in [1.807, 2.05) is 0 Å². The first-order chi connectivity index (χ1) is 11.7. The van der Waals surface area contributed by atoms with Crippen molar-refractivity contribution >= 4 is 29.0 Å². The molecule has 24 heavy (non-hydrogen) atoms. The van der Waals surface area contributed by atoms with E-state index in [9.17, 15) is 4.79 Å². The highest BCUT2D eigenvalue weighted by Gasteiger charge is 2.09. The van der Waals surface area contributed by atoms with Crippen LogP contribution < -0.4 is 15.4 Å². The van der Waals surface area contributed by atoms with Gasteiger partial charge in [-0.3, -0.25) is 4.57 Å². The van der Waals surface area contributed by atoms with Crippen LogP contribution in [0.15, 0.2) is 55.2 Å². The summed E-state index contributed by atoms with van der Waals surface area (Å²) in [4.78, 5) is 20.3. The van der Waals surface area contributed by atoms with E-state index in [1.165, 1.54) is 7.11 Å². The largest absolute Gasteiger partial charge is 0.495 e. The van der Waals surface area contributed by atoms with Gasteiger partial charge in [-0.25, -0.2) is 14.8 Å². The van der Waals surface area contributed by atoms with E-state index in [2.05, 4.69) is 20.6 Å². The molecule has 0 aliphatic rings. The van der Waals surface area contributed by atoms with Gasteiger partial charge in [0.2, 0.25) is 0 Å². The van der Waals surface area contributed by atoms with E-state index in [1.54, 1.807) is 59.8 Å². The van der Waals surface area contributed by atoms with Crippen molar-refractivity contribution in [1.82, 2.24) is 14.5 Å². The summed E-state index contributed by atoms with van der Waals surface area (Å²) < 4.78 is 6.95. The number of carbonyl (C=O) groups is 1. The van der Waals surface area contributed by atoms with Crippen LogP contribution in [0.4, 0.5) is 16.2 Å². The number of aromatic nitrogens is 3. The minimum atomic E-state index is -0.423. The lowest BCUT2D eigenvalue weighted by Crippen LogP contribution is -2.20. The number of hydrogen-bond donors (Lipinski definition) is 2. The van der Waals surface area contributed by atoms with Gasteiger partial charge >= 0.3 is 6.03 Å². The zero-order valence-electron chi connectivity index (χ0n) is 12.7.